The quantitative estimate of drug-likeness (QED) is 0.792. The van der Waals surface area contributed by atoms with Crippen molar-refractivity contribution in [2.24, 2.45) is 0 Å². The van der Waals surface area contributed by atoms with Gasteiger partial charge in [0, 0.05) is 32.7 Å². The molecule has 4 nitrogen and oxygen atoms in total. The summed E-state index contributed by atoms with van der Waals surface area (Å²) in [5, 5.41) is 11.2. The largest absolute Gasteiger partial charge is 0.392 e. The van der Waals surface area contributed by atoms with E-state index >= 15 is 0 Å². The number of fused-ring (bicyclic) bond motifs is 1. The van der Waals surface area contributed by atoms with Crippen molar-refractivity contribution in [3.05, 3.63) is 41.9 Å². The molecule has 0 saturated carbocycles. The molecule has 2 heterocycles. The predicted molar refractivity (Wildman–Crippen MR) is 96.8 cm³/mol. The second-order valence-electron chi connectivity index (χ2n) is 6.17. The fourth-order valence-electron chi connectivity index (χ4n) is 3.01. The first-order chi connectivity index (χ1) is 11.2. The van der Waals surface area contributed by atoms with E-state index < -0.39 is 0 Å². The Morgan fingerprint density at radius 3 is 2.70 bits per heavy atom. The fourth-order valence-corrected chi connectivity index (χ4v) is 4.02. The van der Waals surface area contributed by atoms with Crippen molar-refractivity contribution >= 4 is 21.6 Å². The minimum absolute atomic E-state index is 0.233. The average Bonchev–Trinajstić information content (AvgIpc) is 2.97. The number of aliphatic hydroxyl groups is 1. The molecule has 0 aliphatic carbocycles. The minimum Gasteiger partial charge on any atom is -0.392 e. The zero-order valence-corrected chi connectivity index (χ0v) is 14.3. The van der Waals surface area contributed by atoms with Gasteiger partial charge in [-0.3, -0.25) is 9.80 Å². The molecule has 3 rings (SSSR count). The molecule has 124 valence electrons. The maximum absolute atomic E-state index is 10.0. The molecule has 1 aromatic heterocycles. The molecule has 1 aromatic carbocycles. The van der Waals surface area contributed by atoms with Crippen molar-refractivity contribution in [2.75, 3.05) is 32.7 Å². The van der Waals surface area contributed by atoms with E-state index in [4.69, 9.17) is 4.98 Å². The smallest absolute Gasteiger partial charge is 0.108 e. The molecule has 1 saturated heterocycles. The summed E-state index contributed by atoms with van der Waals surface area (Å²) in [4.78, 5) is 9.55. The van der Waals surface area contributed by atoms with Crippen LogP contribution >= 0.6 is 11.3 Å². The first kappa shape index (κ1) is 16.6. The van der Waals surface area contributed by atoms with Crippen LogP contribution in [0.1, 0.15) is 17.8 Å². The van der Waals surface area contributed by atoms with Gasteiger partial charge in [-0.05, 0) is 25.0 Å². The van der Waals surface area contributed by atoms with Crippen molar-refractivity contribution in [1.82, 2.24) is 14.8 Å². The van der Waals surface area contributed by atoms with Crippen LogP contribution in [-0.4, -0.2) is 58.7 Å². The highest BCUT2D eigenvalue weighted by atomic mass is 32.1. The number of β-amino-alcohol motifs (C(OH)–C–C–N with tert-alkyl or cyclic N) is 1. The van der Waals surface area contributed by atoms with Gasteiger partial charge in [-0.25, -0.2) is 4.98 Å². The third-order valence-electron chi connectivity index (χ3n) is 4.33. The van der Waals surface area contributed by atoms with Gasteiger partial charge in [0.05, 0.1) is 22.9 Å². The second-order valence-corrected chi connectivity index (χ2v) is 7.29. The molecular formula is C18H25N3OS. The van der Waals surface area contributed by atoms with E-state index in [1.807, 2.05) is 12.1 Å². The third-order valence-corrected chi connectivity index (χ3v) is 5.36. The van der Waals surface area contributed by atoms with Gasteiger partial charge in [0.2, 0.25) is 0 Å². The molecule has 1 unspecified atom stereocenters. The van der Waals surface area contributed by atoms with Crippen molar-refractivity contribution in [1.29, 1.82) is 0 Å². The van der Waals surface area contributed by atoms with Gasteiger partial charge in [0.15, 0.2) is 0 Å². The van der Waals surface area contributed by atoms with Gasteiger partial charge in [-0.2, -0.15) is 0 Å². The van der Waals surface area contributed by atoms with Crippen LogP contribution in [-0.2, 0) is 6.54 Å². The molecule has 1 aliphatic rings. The molecule has 1 fully saturated rings. The summed E-state index contributed by atoms with van der Waals surface area (Å²) in [5.41, 5.74) is 1.11. The molecule has 5 heteroatoms. The Labute approximate surface area is 142 Å². The summed E-state index contributed by atoms with van der Waals surface area (Å²) in [6, 6.07) is 8.33. The number of allylic oxidation sites excluding steroid dienone is 1. The van der Waals surface area contributed by atoms with Crippen LogP contribution in [0, 0.1) is 0 Å². The number of para-hydroxylation sites is 1. The Hall–Kier alpha value is -1.27. The minimum atomic E-state index is -0.233. The van der Waals surface area contributed by atoms with Crippen LogP contribution < -0.4 is 0 Å². The van der Waals surface area contributed by atoms with Crippen LogP contribution in [0.2, 0.25) is 0 Å². The Kier molecular flexibility index (Phi) is 5.78. The lowest BCUT2D eigenvalue weighted by Crippen LogP contribution is -2.48. The molecule has 1 N–H and O–H groups in total. The normalized spacial score (nSPS) is 18.3. The van der Waals surface area contributed by atoms with Gasteiger partial charge < -0.3 is 5.11 Å². The Balaban J connectivity index is 1.46. The maximum atomic E-state index is 10.0. The first-order valence-corrected chi connectivity index (χ1v) is 9.14. The predicted octanol–water partition coefficient (Wildman–Crippen LogP) is 2.74. The number of thiazole rings is 1. The van der Waals surface area contributed by atoms with E-state index in [0.29, 0.717) is 0 Å². The Morgan fingerprint density at radius 2 is 1.96 bits per heavy atom. The molecule has 1 atom stereocenters. The molecule has 2 aromatic rings. The number of hydrogen-bond donors (Lipinski definition) is 1. The lowest BCUT2D eigenvalue weighted by atomic mass is 10.1. The van der Waals surface area contributed by atoms with E-state index in [1.54, 1.807) is 11.3 Å². The van der Waals surface area contributed by atoms with Crippen LogP contribution in [0.25, 0.3) is 10.2 Å². The molecule has 0 spiro atoms. The van der Waals surface area contributed by atoms with Crippen molar-refractivity contribution in [3.63, 3.8) is 0 Å². The molecule has 0 radical (unpaired) electrons. The molecule has 1 aliphatic heterocycles. The number of piperazine rings is 1. The van der Waals surface area contributed by atoms with Crippen LogP contribution in [0.3, 0.4) is 0 Å². The van der Waals surface area contributed by atoms with E-state index in [9.17, 15) is 5.11 Å². The summed E-state index contributed by atoms with van der Waals surface area (Å²) in [7, 11) is 0. The van der Waals surface area contributed by atoms with Crippen LogP contribution in [0.15, 0.2) is 36.9 Å². The Bertz CT molecular complexity index is 601. The lowest BCUT2D eigenvalue weighted by molar-refractivity contribution is 0.0669. The van der Waals surface area contributed by atoms with Gasteiger partial charge in [0.25, 0.3) is 0 Å². The van der Waals surface area contributed by atoms with Crippen molar-refractivity contribution < 1.29 is 5.11 Å². The highest BCUT2D eigenvalue weighted by molar-refractivity contribution is 7.18. The number of benzene rings is 1. The number of aliphatic hydroxyl groups excluding tert-OH is 1. The summed E-state index contributed by atoms with van der Waals surface area (Å²) in [6.07, 6.45) is 3.34. The van der Waals surface area contributed by atoms with Crippen molar-refractivity contribution in [3.8, 4) is 0 Å². The van der Waals surface area contributed by atoms with Crippen LogP contribution in [0.4, 0.5) is 0 Å². The van der Waals surface area contributed by atoms with Gasteiger partial charge in [-0.1, -0.05) is 18.2 Å². The third kappa shape index (κ3) is 4.61. The van der Waals surface area contributed by atoms with Gasteiger partial charge >= 0.3 is 0 Å². The SMILES string of the molecule is C=CCCC(O)CN1CCN(Cc2nc3ccccc3s2)CC1. The Morgan fingerprint density at radius 1 is 1.22 bits per heavy atom. The van der Waals surface area contributed by atoms with Gasteiger partial charge in [0.1, 0.15) is 5.01 Å². The summed E-state index contributed by atoms with van der Waals surface area (Å²) < 4.78 is 1.27. The molecule has 0 amide bonds. The first-order valence-electron chi connectivity index (χ1n) is 8.32. The zero-order chi connectivity index (χ0) is 16.1. The van der Waals surface area contributed by atoms with Crippen LogP contribution in [0.5, 0.6) is 0 Å². The monoisotopic (exact) mass is 331 g/mol. The highest BCUT2D eigenvalue weighted by Gasteiger charge is 2.20. The number of aromatic nitrogens is 1. The number of nitrogens with zero attached hydrogens (tertiary/aromatic N) is 3. The highest BCUT2D eigenvalue weighted by Crippen LogP contribution is 2.23. The number of hydrogen-bond acceptors (Lipinski definition) is 5. The summed E-state index contributed by atoms with van der Waals surface area (Å²) >= 11 is 1.80. The lowest BCUT2D eigenvalue weighted by Gasteiger charge is -2.35. The second kappa shape index (κ2) is 8.02. The average molecular weight is 331 g/mol. The molecule has 0 bridgehead atoms. The number of rotatable bonds is 7. The summed E-state index contributed by atoms with van der Waals surface area (Å²) in [6.45, 7) is 9.57. The van der Waals surface area contributed by atoms with Gasteiger partial charge in [-0.15, -0.1) is 17.9 Å². The van der Waals surface area contributed by atoms with Crippen molar-refractivity contribution in [2.45, 2.75) is 25.5 Å². The van der Waals surface area contributed by atoms with E-state index in [0.717, 1.165) is 57.6 Å². The zero-order valence-electron chi connectivity index (χ0n) is 13.5. The fraction of sp³-hybridized carbons (Fsp3) is 0.500. The van der Waals surface area contributed by atoms with E-state index in [-0.39, 0.29) is 6.10 Å². The van der Waals surface area contributed by atoms with E-state index in [2.05, 4.69) is 34.6 Å². The van der Waals surface area contributed by atoms with E-state index in [1.165, 1.54) is 9.71 Å². The standard InChI is InChI=1S/C18H25N3OS/c1-2-3-6-15(22)13-20-9-11-21(12-10-20)14-18-19-16-7-4-5-8-17(16)23-18/h2,4-5,7-8,15,22H,1,3,6,9-14H2. The molecular weight excluding hydrogens is 306 g/mol. The molecule has 23 heavy (non-hydrogen) atoms. The maximum Gasteiger partial charge on any atom is 0.108 e. The summed E-state index contributed by atoms with van der Waals surface area (Å²) in [5.74, 6) is 0. The topological polar surface area (TPSA) is 39.6 Å².